The first-order valence-electron chi connectivity index (χ1n) is 5.36. The standard InChI is InChI=1S/C12H9FN2O2/c13-8-3-7-4-10(17)15-11(7)9(5-8)12(1-2-12)14-6-16/h3,5H,1-2,4H2,(H,15,17). The van der Waals surface area contributed by atoms with Gasteiger partial charge < -0.3 is 5.32 Å². The highest BCUT2D eigenvalue weighted by Gasteiger charge is 2.47. The summed E-state index contributed by atoms with van der Waals surface area (Å²) in [6, 6.07) is 2.69. The molecule has 1 fully saturated rings. The largest absolute Gasteiger partial charge is 0.325 e. The van der Waals surface area contributed by atoms with Gasteiger partial charge in [-0.1, -0.05) is 0 Å². The third-order valence-electron chi connectivity index (χ3n) is 3.28. The Morgan fingerprint density at radius 3 is 2.82 bits per heavy atom. The van der Waals surface area contributed by atoms with Crippen LogP contribution in [0.15, 0.2) is 17.1 Å². The van der Waals surface area contributed by atoms with Crippen LogP contribution in [-0.4, -0.2) is 12.0 Å². The van der Waals surface area contributed by atoms with Crippen LogP contribution >= 0.6 is 0 Å². The molecule has 1 aliphatic carbocycles. The number of rotatable bonds is 2. The zero-order valence-corrected chi connectivity index (χ0v) is 8.92. The Morgan fingerprint density at radius 1 is 1.41 bits per heavy atom. The van der Waals surface area contributed by atoms with Gasteiger partial charge in [0.1, 0.15) is 11.4 Å². The maximum Gasteiger partial charge on any atom is 0.235 e. The number of halogens is 1. The normalized spacial score (nSPS) is 19.2. The number of carbonyl (C=O) groups is 1. The van der Waals surface area contributed by atoms with Crippen molar-refractivity contribution in [3.05, 3.63) is 29.1 Å². The quantitative estimate of drug-likeness (QED) is 0.622. The van der Waals surface area contributed by atoms with E-state index in [1.807, 2.05) is 0 Å². The molecule has 1 amide bonds. The summed E-state index contributed by atoms with van der Waals surface area (Å²) in [5, 5.41) is 2.70. The first kappa shape index (κ1) is 10.2. The second kappa shape index (κ2) is 3.25. The van der Waals surface area contributed by atoms with Crippen LogP contribution in [0.25, 0.3) is 0 Å². The summed E-state index contributed by atoms with van der Waals surface area (Å²) in [7, 11) is 0. The van der Waals surface area contributed by atoms with E-state index in [1.165, 1.54) is 18.2 Å². The van der Waals surface area contributed by atoms with Crippen LogP contribution in [-0.2, 0) is 21.5 Å². The van der Waals surface area contributed by atoms with Gasteiger partial charge >= 0.3 is 0 Å². The predicted octanol–water partition coefficient (Wildman–Crippen LogP) is 1.65. The van der Waals surface area contributed by atoms with E-state index in [-0.39, 0.29) is 12.3 Å². The number of isocyanates is 1. The molecule has 2 aliphatic rings. The molecule has 0 radical (unpaired) electrons. The third-order valence-corrected chi connectivity index (χ3v) is 3.28. The smallest absolute Gasteiger partial charge is 0.235 e. The fourth-order valence-corrected chi connectivity index (χ4v) is 2.32. The summed E-state index contributed by atoms with van der Waals surface area (Å²) in [5.41, 5.74) is 1.19. The number of fused-ring (bicyclic) bond motifs is 1. The number of hydrogen-bond donors (Lipinski definition) is 1. The van der Waals surface area contributed by atoms with Crippen LogP contribution in [0.2, 0.25) is 0 Å². The molecule has 0 atom stereocenters. The topological polar surface area (TPSA) is 58.5 Å². The molecular formula is C12H9FN2O2. The lowest BCUT2D eigenvalue weighted by Crippen LogP contribution is -2.09. The number of anilines is 1. The monoisotopic (exact) mass is 232 g/mol. The molecule has 1 N–H and O–H groups in total. The SMILES string of the molecule is O=C=NC1(c2cc(F)cc3c2NC(=O)C3)CC1. The molecule has 1 heterocycles. The van der Waals surface area contributed by atoms with E-state index in [1.54, 1.807) is 0 Å². The van der Waals surface area contributed by atoms with Crippen molar-refractivity contribution in [2.75, 3.05) is 5.32 Å². The summed E-state index contributed by atoms with van der Waals surface area (Å²) in [4.78, 5) is 25.5. The number of hydrogen-bond acceptors (Lipinski definition) is 3. The molecule has 0 saturated heterocycles. The summed E-state index contributed by atoms with van der Waals surface area (Å²) in [5.74, 6) is -0.555. The highest BCUT2D eigenvalue weighted by Crippen LogP contribution is 2.53. The Labute approximate surface area is 96.5 Å². The van der Waals surface area contributed by atoms with Gasteiger partial charge in [-0.15, -0.1) is 0 Å². The molecule has 0 spiro atoms. The number of carbonyl (C=O) groups excluding carboxylic acids is 2. The van der Waals surface area contributed by atoms with Crippen molar-refractivity contribution < 1.29 is 14.0 Å². The molecular weight excluding hydrogens is 223 g/mol. The van der Waals surface area contributed by atoms with Crippen LogP contribution in [0.5, 0.6) is 0 Å². The van der Waals surface area contributed by atoms with Crippen LogP contribution in [0.4, 0.5) is 10.1 Å². The lowest BCUT2D eigenvalue weighted by molar-refractivity contribution is -0.115. The predicted molar refractivity (Wildman–Crippen MR) is 57.8 cm³/mol. The molecule has 0 unspecified atom stereocenters. The Kier molecular flexibility index (Phi) is 1.94. The van der Waals surface area contributed by atoms with Crippen molar-refractivity contribution in [1.29, 1.82) is 0 Å². The summed E-state index contributed by atoms with van der Waals surface area (Å²) >= 11 is 0. The van der Waals surface area contributed by atoms with Crippen molar-refractivity contribution in [1.82, 2.24) is 0 Å². The fraction of sp³-hybridized carbons (Fsp3) is 0.333. The molecule has 0 aromatic heterocycles. The van der Waals surface area contributed by atoms with E-state index in [4.69, 9.17) is 0 Å². The minimum atomic E-state index is -0.661. The first-order valence-corrected chi connectivity index (χ1v) is 5.36. The third kappa shape index (κ3) is 1.47. The minimum Gasteiger partial charge on any atom is -0.325 e. The van der Waals surface area contributed by atoms with Crippen molar-refractivity contribution in [3.63, 3.8) is 0 Å². The average molecular weight is 232 g/mol. The van der Waals surface area contributed by atoms with Gasteiger partial charge in [0.05, 0.1) is 12.1 Å². The maximum absolute atomic E-state index is 13.5. The fourth-order valence-electron chi connectivity index (χ4n) is 2.32. The number of amides is 1. The van der Waals surface area contributed by atoms with Gasteiger partial charge in [0.2, 0.25) is 12.0 Å². The summed E-state index contributed by atoms with van der Waals surface area (Å²) in [6.45, 7) is 0. The van der Waals surface area contributed by atoms with E-state index in [0.717, 1.165) is 0 Å². The molecule has 1 aliphatic heterocycles. The minimum absolute atomic E-state index is 0.155. The maximum atomic E-state index is 13.5. The van der Waals surface area contributed by atoms with Gasteiger partial charge in [-0.05, 0) is 30.5 Å². The van der Waals surface area contributed by atoms with E-state index >= 15 is 0 Å². The Balaban J connectivity index is 2.18. The van der Waals surface area contributed by atoms with Crippen LogP contribution in [0.1, 0.15) is 24.0 Å². The Bertz CT molecular complexity index is 572. The van der Waals surface area contributed by atoms with E-state index in [2.05, 4.69) is 10.3 Å². The second-order valence-corrected chi connectivity index (χ2v) is 4.45. The Morgan fingerprint density at radius 2 is 2.18 bits per heavy atom. The van der Waals surface area contributed by atoms with E-state index in [9.17, 15) is 14.0 Å². The van der Waals surface area contributed by atoms with Gasteiger partial charge in [-0.3, -0.25) is 4.79 Å². The zero-order chi connectivity index (χ0) is 12.0. The van der Waals surface area contributed by atoms with Crippen LogP contribution in [0.3, 0.4) is 0 Å². The van der Waals surface area contributed by atoms with Crippen LogP contribution < -0.4 is 5.32 Å². The highest BCUT2D eigenvalue weighted by atomic mass is 19.1. The average Bonchev–Trinajstić information content (AvgIpc) is 2.94. The summed E-state index contributed by atoms with van der Waals surface area (Å²) in [6.07, 6.45) is 3.09. The summed E-state index contributed by atoms with van der Waals surface area (Å²) < 4.78 is 13.5. The van der Waals surface area contributed by atoms with Gasteiger partial charge in [0.15, 0.2) is 0 Å². The number of benzene rings is 1. The van der Waals surface area contributed by atoms with Crippen LogP contribution in [0, 0.1) is 5.82 Å². The van der Waals surface area contributed by atoms with Gasteiger partial charge in [-0.25, -0.2) is 9.18 Å². The molecule has 5 heteroatoms. The van der Waals surface area contributed by atoms with Gasteiger partial charge in [-0.2, -0.15) is 4.99 Å². The molecule has 86 valence electrons. The van der Waals surface area contributed by atoms with Gasteiger partial charge in [0, 0.05) is 5.56 Å². The lowest BCUT2D eigenvalue weighted by Gasteiger charge is -2.13. The van der Waals surface area contributed by atoms with Gasteiger partial charge in [0.25, 0.3) is 0 Å². The highest BCUT2D eigenvalue weighted by molar-refractivity contribution is 6.00. The molecule has 0 bridgehead atoms. The van der Waals surface area contributed by atoms with Crippen molar-refractivity contribution in [3.8, 4) is 0 Å². The number of nitrogens with one attached hydrogen (secondary N) is 1. The Hall–Kier alpha value is -2.00. The second-order valence-electron chi connectivity index (χ2n) is 4.45. The molecule has 1 saturated carbocycles. The number of nitrogens with zero attached hydrogens (tertiary/aromatic N) is 1. The molecule has 1 aromatic carbocycles. The van der Waals surface area contributed by atoms with Crippen molar-refractivity contribution >= 4 is 17.7 Å². The molecule has 3 rings (SSSR count). The van der Waals surface area contributed by atoms with E-state index < -0.39 is 11.4 Å². The molecule has 4 nitrogen and oxygen atoms in total. The number of aliphatic imine (C=N–C) groups is 1. The molecule has 1 aromatic rings. The lowest BCUT2D eigenvalue weighted by atomic mass is 9.99. The first-order chi connectivity index (χ1) is 8.14. The van der Waals surface area contributed by atoms with E-state index in [0.29, 0.717) is 29.7 Å². The molecule has 17 heavy (non-hydrogen) atoms. The van der Waals surface area contributed by atoms with Crippen molar-refractivity contribution in [2.24, 2.45) is 4.99 Å². The van der Waals surface area contributed by atoms with Crippen molar-refractivity contribution in [2.45, 2.75) is 24.8 Å². The zero-order valence-electron chi connectivity index (χ0n) is 8.92.